The summed E-state index contributed by atoms with van der Waals surface area (Å²) in [7, 11) is 0. The molecule has 0 radical (unpaired) electrons. The summed E-state index contributed by atoms with van der Waals surface area (Å²) in [5.74, 6) is 1.60. The molecule has 4 heteroatoms. The largest absolute Gasteiger partial charge is 0.494 e. The SMILES string of the molecule is CCCCCCCCCCOc1ccc(-c2ncc(CC[C@@H](F)CCCCCCCC)cn2)cc1. The molecule has 1 atom stereocenters. The van der Waals surface area contributed by atoms with Crippen LogP contribution in [-0.2, 0) is 6.42 Å². The molecule has 0 N–H and O–H groups in total. The average molecular weight is 485 g/mol. The molecule has 0 aliphatic rings. The molecule has 1 aromatic heterocycles. The first-order valence-corrected chi connectivity index (χ1v) is 14.4. The van der Waals surface area contributed by atoms with Gasteiger partial charge in [-0.15, -0.1) is 0 Å². The van der Waals surface area contributed by atoms with Crippen LogP contribution in [0, 0.1) is 0 Å². The summed E-state index contributed by atoms with van der Waals surface area (Å²) in [5.41, 5.74) is 1.98. The molecule has 196 valence electrons. The third kappa shape index (κ3) is 13.6. The number of rotatable bonds is 21. The molecule has 0 spiro atoms. The minimum atomic E-state index is -0.723. The molecule has 1 heterocycles. The van der Waals surface area contributed by atoms with Gasteiger partial charge in [0.25, 0.3) is 0 Å². The van der Waals surface area contributed by atoms with E-state index in [1.807, 2.05) is 36.7 Å². The lowest BCUT2D eigenvalue weighted by Crippen LogP contribution is -2.03. The third-order valence-electron chi connectivity index (χ3n) is 6.70. The molecular weight excluding hydrogens is 435 g/mol. The van der Waals surface area contributed by atoms with Crippen LogP contribution in [0.3, 0.4) is 0 Å². The second kappa shape index (κ2) is 19.2. The first kappa shape index (κ1) is 29.3. The number of aryl methyl sites for hydroxylation is 1. The Balaban J connectivity index is 1.61. The van der Waals surface area contributed by atoms with Crippen LogP contribution in [0.4, 0.5) is 4.39 Å². The number of hydrogen-bond donors (Lipinski definition) is 0. The summed E-state index contributed by atoms with van der Waals surface area (Å²) in [5, 5.41) is 0. The first-order chi connectivity index (χ1) is 17.2. The Kier molecular flexibility index (Phi) is 16.1. The molecule has 0 aliphatic carbocycles. The highest BCUT2D eigenvalue weighted by Gasteiger charge is 2.08. The quantitative estimate of drug-likeness (QED) is 0.165. The van der Waals surface area contributed by atoms with Crippen LogP contribution in [0.5, 0.6) is 5.75 Å². The van der Waals surface area contributed by atoms with Crippen LogP contribution in [0.1, 0.15) is 122 Å². The molecule has 2 aromatic rings. The fraction of sp³-hybridized carbons (Fsp3) is 0.677. The van der Waals surface area contributed by atoms with Crippen molar-refractivity contribution in [2.24, 2.45) is 0 Å². The predicted octanol–water partition coefficient (Wildman–Crippen LogP) is 9.68. The van der Waals surface area contributed by atoms with Gasteiger partial charge in [-0.3, -0.25) is 0 Å². The van der Waals surface area contributed by atoms with E-state index in [1.54, 1.807) is 0 Å². The van der Waals surface area contributed by atoms with Crippen LogP contribution in [0.15, 0.2) is 36.7 Å². The monoisotopic (exact) mass is 484 g/mol. The average Bonchev–Trinajstić information content (AvgIpc) is 2.89. The lowest BCUT2D eigenvalue weighted by atomic mass is 10.0. The van der Waals surface area contributed by atoms with Gasteiger partial charge in [-0.2, -0.15) is 0 Å². The smallest absolute Gasteiger partial charge is 0.159 e. The number of unbranched alkanes of at least 4 members (excludes halogenated alkanes) is 12. The number of halogens is 1. The number of ether oxygens (including phenoxy) is 1. The molecule has 2 rings (SSSR count). The lowest BCUT2D eigenvalue weighted by Gasteiger charge is -2.09. The molecule has 0 fully saturated rings. The van der Waals surface area contributed by atoms with Crippen molar-refractivity contribution in [1.82, 2.24) is 9.97 Å². The normalized spacial score (nSPS) is 12.1. The van der Waals surface area contributed by atoms with E-state index in [0.29, 0.717) is 25.1 Å². The van der Waals surface area contributed by atoms with E-state index in [2.05, 4.69) is 23.8 Å². The van der Waals surface area contributed by atoms with Crippen LogP contribution in [0.25, 0.3) is 11.4 Å². The zero-order valence-corrected chi connectivity index (χ0v) is 22.5. The van der Waals surface area contributed by atoms with Gasteiger partial charge in [-0.05, 0) is 55.5 Å². The fourth-order valence-electron chi connectivity index (χ4n) is 4.37. The van der Waals surface area contributed by atoms with Crippen molar-refractivity contribution in [3.05, 3.63) is 42.2 Å². The minimum absolute atomic E-state index is 0.558. The van der Waals surface area contributed by atoms with Gasteiger partial charge >= 0.3 is 0 Å². The Morgan fingerprint density at radius 2 is 1.23 bits per heavy atom. The van der Waals surface area contributed by atoms with Crippen molar-refractivity contribution in [2.45, 2.75) is 129 Å². The molecule has 1 aromatic carbocycles. The summed E-state index contributed by atoms with van der Waals surface area (Å²) in [6.07, 6.45) is 22.6. The zero-order chi connectivity index (χ0) is 25.0. The summed E-state index contributed by atoms with van der Waals surface area (Å²) < 4.78 is 20.1. The highest BCUT2D eigenvalue weighted by atomic mass is 19.1. The third-order valence-corrected chi connectivity index (χ3v) is 6.70. The number of hydrogen-bond acceptors (Lipinski definition) is 3. The number of aromatic nitrogens is 2. The van der Waals surface area contributed by atoms with Gasteiger partial charge in [0.2, 0.25) is 0 Å². The van der Waals surface area contributed by atoms with Gasteiger partial charge in [0.1, 0.15) is 11.9 Å². The van der Waals surface area contributed by atoms with E-state index in [0.717, 1.165) is 42.7 Å². The topological polar surface area (TPSA) is 35.0 Å². The van der Waals surface area contributed by atoms with Crippen LogP contribution in [-0.4, -0.2) is 22.7 Å². The zero-order valence-electron chi connectivity index (χ0n) is 22.5. The molecule has 0 amide bonds. The van der Waals surface area contributed by atoms with Crippen LogP contribution < -0.4 is 4.74 Å². The van der Waals surface area contributed by atoms with E-state index < -0.39 is 6.17 Å². The number of nitrogens with zero attached hydrogens (tertiary/aromatic N) is 2. The molecule has 0 bridgehead atoms. The number of benzene rings is 1. The highest BCUT2D eigenvalue weighted by Crippen LogP contribution is 2.20. The maximum atomic E-state index is 14.2. The van der Waals surface area contributed by atoms with Gasteiger partial charge < -0.3 is 4.74 Å². The summed E-state index contributed by atoms with van der Waals surface area (Å²) in [4.78, 5) is 9.02. The van der Waals surface area contributed by atoms with Crippen molar-refractivity contribution in [1.29, 1.82) is 0 Å². The standard InChI is InChI=1S/C31H49FN2O/c1-3-5-7-9-11-12-14-16-24-35-30-22-19-28(20-23-30)31-33-25-27(26-34-31)18-21-29(32)17-15-13-10-8-6-4-2/h19-20,22-23,25-26,29H,3-18,21,24H2,1-2H3/t29-/m0/s1. The van der Waals surface area contributed by atoms with Crippen molar-refractivity contribution in [2.75, 3.05) is 6.61 Å². The summed E-state index contributed by atoms with van der Waals surface area (Å²) in [6.45, 7) is 5.25. The van der Waals surface area contributed by atoms with Crippen molar-refractivity contribution >= 4 is 0 Å². The van der Waals surface area contributed by atoms with E-state index in [1.165, 1.54) is 70.6 Å². The minimum Gasteiger partial charge on any atom is -0.494 e. The Morgan fingerprint density at radius 1 is 0.686 bits per heavy atom. The van der Waals surface area contributed by atoms with E-state index in [4.69, 9.17) is 4.74 Å². The second-order valence-corrected chi connectivity index (χ2v) is 9.96. The molecule has 0 aliphatic heterocycles. The molecule has 0 unspecified atom stereocenters. The van der Waals surface area contributed by atoms with Gasteiger partial charge in [0.05, 0.1) is 6.61 Å². The summed E-state index contributed by atoms with van der Waals surface area (Å²) in [6, 6.07) is 8.01. The highest BCUT2D eigenvalue weighted by molar-refractivity contribution is 5.55. The molecule has 35 heavy (non-hydrogen) atoms. The number of alkyl halides is 1. The molecule has 0 saturated heterocycles. The van der Waals surface area contributed by atoms with Gasteiger partial charge in [-0.1, -0.05) is 97.3 Å². The van der Waals surface area contributed by atoms with Crippen molar-refractivity contribution in [3.8, 4) is 17.1 Å². The van der Waals surface area contributed by atoms with E-state index in [9.17, 15) is 4.39 Å². The Bertz CT molecular complexity index is 748. The Hall–Kier alpha value is -1.97. The van der Waals surface area contributed by atoms with Crippen LogP contribution in [0.2, 0.25) is 0 Å². The van der Waals surface area contributed by atoms with Gasteiger partial charge in [0, 0.05) is 18.0 Å². The van der Waals surface area contributed by atoms with Crippen molar-refractivity contribution in [3.63, 3.8) is 0 Å². The molecule has 3 nitrogen and oxygen atoms in total. The van der Waals surface area contributed by atoms with Gasteiger partial charge in [-0.25, -0.2) is 14.4 Å². The summed E-state index contributed by atoms with van der Waals surface area (Å²) >= 11 is 0. The van der Waals surface area contributed by atoms with E-state index in [-0.39, 0.29) is 0 Å². The predicted molar refractivity (Wildman–Crippen MR) is 147 cm³/mol. The van der Waals surface area contributed by atoms with E-state index >= 15 is 0 Å². The van der Waals surface area contributed by atoms with Crippen LogP contribution >= 0.6 is 0 Å². The van der Waals surface area contributed by atoms with Gasteiger partial charge in [0.15, 0.2) is 5.82 Å². The fourth-order valence-corrected chi connectivity index (χ4v) is 4.37. The first-order valence-electron chi connectivity index (χ1n) is 14.4. The lowest BCUT2D eigenvalue weighted by molar-refractivity contribution is 0.287. The Labute approximate surface area is 214 Å². The second-order valence-electron chi connectivity index (χ2n) is 9.96. The van der Waals surface area contributed by atoms with Crippen molar-refractivity contribution < 1.29 is 9.13 Å². The molecular formula is C31H49FN2O. The maximum absolute atomic E-state index is 14.2. The molecule has 0 saturated carbocycles. The Morgan fingerprint density at radius 3 is 1.83 bits per heavy atom. The maximum Gasteiger partial charge on any atom is 0.159 e.